The van der Waals surface area contributed by atoms with Crippen LogP contribution in [0.4, 0.5) is 0 Å². The molecule has 3 nitrogen and oxygen atoms in total. The van der Waals surface area contributed by atoms with E-state index in [0.29, 0.717) is 5.92 Å². The van der Waals surface area contributed by atoms with E-state index in [0.717, 1.165) is 31.8 Å². The van der Waals surface area contributed by atoms with Crippen LogP contribution in [0.2, 0.25) is 0 Å². The van der Waals surface area contributed by atoms with E-state index in [1.165, 1.54) is 12.8 Å². The summed E-state index contributed by atoms with van der Waals surface area (Å²) in [5.41, 5.74) is 0.824. The zero-order valence-electron chi connectivity index (χ0n) is 12.5. The molecule has 1 saturated heterocycles. The smallest absolute Gasteiger partial charge is 0.166 e. The van der Waals surface area contributed by atoms with Gasteiger partial charge >= 0.3 is 0 Å². The van der Waals surface area contributed by atoms with Gasteiger partial charge in [0.1, 0.15) is 0 Å². The number of Topliss-reactive ketones (excluding diaryl/α,β-unsaturated/α-hetero) is 1. The average molecular weight is 275 g/mol. The second kappa shape index (κ2) is 7.55. The molecule has 0 spiro atoms. The van der Waals surface area contributed by atoms with Gasteiger partial charge in [0.15, 0.2) is 5.78 Å². The second-order valence-electron chi connectivity index (χ2n) is 5.85. The maximum Gasteiger partial charge on any atom is 0.166 e. The zero-order chi connectivity index (χ0) is 14.4. The summed E-state index contributed by atoms with van der Waals surface area (Å²) in [6.07, 6.45) is 2.45. The molecule has 0 saturated carbocycles. The number of methoxy groups -OCH3 is 1. The molecule has 1 aromatic rings. The Bertz CT molecular complexity index is 416. The predicted molar refractivity (Wildman–Crippen MR) is 81.0 cm³/mol. The quantitative estimate of drug-likeness (QED) is 0.748. The minimum Gasteiger partial charge on any atom is -0.384 e. The lowest BCUT2D eigenvalue weighted by atomic mass is 9.95. The fourth-order valence-electron chi connectivity index (χ4n) is 3.05. The van der Waals surface area contributed by atoms with Crippen LogP contribution in [-0.4, -0.2) is 44.0 Å². The molecule has 1 aliphatic heterocycles. The Balaban J connectivity index is 1.87. The Morgan fingerprint density at radius 3 is 2.85 bits per heavy atom. The van der Waals surface area contributed by atoms with E-state index in [9.17, 15) is 4.79 Å². The number of ketones is 1. The molecule has 1 aromatic carbocycles. The summed E-state index contributed by atoms with van der Waals surface area (Å²) < 4.78 is 5.26. The molecule has 0 aromatic heterocycles. The first kappa shape index (κ1) is 15.2. The largest absolute Gasteiger partial charge is 0.384 e. The summed E-state index contributed by atoms with van der Waals surface area (Å²) in [6, 6.07) is 9.61. The fourth-order valence-corrected chi connectivity index (χ4v) is 3.05. The second-order valence-corrected chi connectivity index (χ2v) is 5.85. The molecule has 1 heterocycles. The fraction of sp³-hybridized carbons (Fsp3) is 0.588. The Kier molecular flexibility index (Phi) is 5.74. The van der Waals surface area contributed by atoms with Crippen molar-refractivity contribution in [3.63, 3.8) is 0 Å². The molecule has 0 radical (unpaired) electrons. The van der Waals surface area contributed by atoms with E-state index in [4.69, 9.17) is 4.74 Å². The van der Waals surface area contributed by atoms with Gasteiger partial charge in [0.2, 0.25) is 0 Å². The van der Waals surface area contributed by atoms with E-state index in [-0.39, 0.29) is 11.7 Å². The number of hydrogen-bond donors (Lipinski definition) is 0. The number of ether oxygens (including phenoxy) is 1. The Morgan fingerprint density at radius 2 is 2.15 bits per heavy atom. The molecule has 2 rings (SSSR count). The third-order valence-electron chi connectivity index (χ3n) is 4.04. The normalized spacial score (nSPS) is 21.6. The molecule has 0 amide bonds. The van der Waals surface area contributed by atoms with Crippen molar-refractivity contribution in [3.05, 3.63) is 35.9 Å². The third-order valence-corrected chi connectivity index (χ3v) is 4.04. The van der Waals surface area contributed by atoms with Crippen molar-refractivity contribution < 1.29 is 9.53 Å². The highest BCUT2D eigenvalue weighted by molar-refractivity contribution is 5.97. The standard InChI is InChI=1S/C17H25NO2/c1-14(17(19)16-8-4-3-5-9-16)11-18-10-6-7-15(12-18)13-20-2/h3-5,8-9,14-15H,6-7,10-13H2,1-2H3. The van der Waals surface area contributed by atoms with Gasteiger partial charge in [-0.15, -0.1) is 0 Å². The highest BCUT2D eigenvalue weighted by atomic mass is 16.5. The van der Waals surface area contributed by atoms with Crippen LogP contribution in [0.25, 0.3) is 0 Å². The first-order valence-corrected chi connectivity index (χ1v) is 7.51. The number of likely N-dealkylation sites (tertiary alicyclic amines) is 1. The molecule has 20 heavy (non-hydrogen) atoms. The van der Waals surface area contributed by atoms with Gasteiger partial charge < -0.3 is 9.64 Å². The van der Waals surface area contributed by atoms with Crippen LogP contribution in [-0.2, 0) is 4.74 Å². The van der Waals surface area contributed by atoms with Gasteiger partial charge in [-0.25, -0.2) is 0 Å². The molecule has 0 N–H and O–H groups in total. The maximum absolute atomic E-state index is 12.4. The van der Waals surface area contributed by atoms with Gasteiger partial charge in [0.05, 0.1) is 6.61 Å². The van der Waals surface area contributed by atoms with Gasteiger partial charge in [-0.1, -0.05) is 37.3 Å². The van der Waals surface area contributed by atoms with Gasteiger partial charge in [-0.2, -0.15) is 0 Å². The summed E-state index contributed by atoms with van der Waals surface area (Å²) in [6.45, 7) is 5.88. The first-order valence-electron chi connectivity index (χ1n) is 7.51. The van der Waals surface area contributed by atoms with E-state index >= 15 is 0 Å². The molecule has 2 atom stereocenters. The van der Waals surface area contributed by atoms with Gasteiger partial charge in [-0.3, -0.25) is 4.79 Å². The van der Waals surface area contributed by atoms with E-state index < -0.39 is 0 Å². The number of carbonyl (C=O) groups is 1. The number of nitrogens with zero attached hydrogens (tertiary/aromatic N) is 1. The summed E-state index contributed by atoms with van der Waals surface area (Å²) in [5, 5.41) is 0. The van der Waals surface area contributed by atoms with Crippen LogP contribution in [0.15, 0.2) is 30.3 Å². The van der Waals surface area contributed by atoms with Crippen LogP contribution in [0, 0.1) is 11.8 Å². The molecule has 1 aliphatic rings. The van der Waals surface area contributed by atoms with Crippen LogP contribution >= 0.6 is 0 Å². The third kappa shape index (κ3) is 4.15. The lowest BCUT2D eigenvalue weighted by molar-refractivity contribution is 0.0739. The van der Waals surface area contributed by atoms with Crippen molar-refractivity contribution in [1.29, 1.82) is 0 Å². The average Bonchev–Trinajstić information content (AvgIpc) is 2.48. The molecule has 0 aliphatic carbocycles. The monoisotopic (exact) mass is 275 g/mol. The number of piperidine rings is 1. The Morgan fingerprint density at radius 1 is 1.40 bits per heavy atom. The summed E-state index contributed by atoms with van der Waals surface area (Å²) in [7, 11) is 1.76. The number of rotatable bonds is 6. The maximum atomic E-state index is 12.4. The number of carbonyl (C=O) groups excluding carboxylic acids is 1. The Labute approximate surface area is 121 Å². The predicted octanol–water partition coefficient (Wildman–Crippen LogP) is 2.86. The van der Waals surface area contributed by atoms with E-state index in [1.54, 1.807) is 7.11 Å². The van der Waals surface area contributed by atoms with Crippen molar-refractivity contribution in [3.8, 4) is 0 Å². The van der Waals surface area contributed by atoms with Crippen molar-refractivity contribution >= 4 is 5.78 Å². The van der Waals surface area contributed by atoms with Crippen molar-refractivity contribution in [2.75, 3.05) is 33.4 Å². The van der Waals surface area contributed by atoms with Crippen molar-refractivity contribution in [1.82, 2.24) is 4.90 Å². The van der Waals surface area contributed by atoms with Gasteiger partial charge in [0.25, 0.3) is 0 Å². The zero-order valence-corrected chi connectivity index (χ0v) is 12.5. The molecular formula is C17H25NO2. The molecule has 110 valence electrons. The van der Waals surface area contributed by atoms with Crippen LogP contribution < -0.4 is 0 Å². The summed E-state index contributed by atoms with van der Waals surface area (Å²) >= 11 is 0. The lowest BCUT2D eigenvalue weighted by Crippen LogP contribution is -2.40. The van der Waals surface area contributed by atoms with Crippen molar-refractivity contribution in [2.45, 2.75) is 19.8 Å². The molecule has 2 unspecified atom stereocenters. The Hall–Kier alpha value is -1.19. The highest BCUT2D eigenvalue weighted by Gasteiger charge is 2.23. The van der Waals surface area contributed by atoms with Gasteiger partial charge in [0, 0.05) is 31.7 Å². The molecular weight excluding hydrogens is 250 g/mol. The van der Waals surface area contributed by atoms with Crippen molar-refractivity contribution in [2.24, 2.45) is 11.8 Å². The summed E-state index contributed by atoms with van der Waals surface area (Å²) in [5.74, 6) is 0.922. The van der Waals surface area contributed by atoms with Crippen LogP contribution in [0.1, 0.15) is 30.1 Å². The molecule has 1 fully saturated rings. The number of hydrogen-bond acceptors (Lipinski definition) is 3. The topological polar surface area (TPSA) is 29.5 Å². The van der Waals surface area contributed by atoms with Crippen LogP contribution in [0.5, 0.6) is 0 Å². The highest BCUT2D eigenvalue weighted by Crippen LogP contribution is 2.19. The lowest BCUT2D eigenvalue weighted by Gasteiger charge is -2.33. The minimum atomic E-state index is 0.0543. The van der Waals surface area contributed by atoms with E-state index in [2.05, 4.69) is 4.90 Å². The van der Waals surface area contributed by atoms with Gasteiger partial charge in [-0.05, 0) is 25.3 Å². The van der Waals surface area contributed by atoms with Crippen LogP contribution in [0.3, 0.4) is 0 Å². The minimum absolute atomic E-state index is 0.0543. The summed E-state index contributed by atoms with van der Waals surface area (Å²) in [4.78, 5) is 14.8. The van der Waals surface area contributed by atoms with E-state index in [1.807, 2.05) is 37.3 Å². The molecule has 3 heteroatoms. The first-order chi connectivity index (χ1) is 9.70. The number of benzene rings is 1. The molecule has 0 bridgehead atoms. The SMILES string of the molecule is COCC1CCCN(CC(C)C(=O)c2ccccc2)C1.